The number of nitrogens with zero attached hydrogens (tertiary/aromatic N) is 3. The normalized spacial score (nSPS) is 18.4. The molecule has 1 aromatic carbocycles. The number of nitrogens with one attached hydrogen (secondary N) is 1. The second-order valence-electron chi connectivity index (χ2n) is 5.96. The summed E-state index contributed by atoms with van der Waals surface area (Å²) < 4.78 is 1.23. The Morgan fingerprint density at radius 1 is 1.35 bits per heavy atom. The smallest absolute Gasteiger partial charge is 0.274 e. The number of aryl methyl sites for hydroxylation is 1. The van der Waals surface area contributed by atoms with Gasteiger partial charge in [-0.25, -0.2) is 4.68 Å². The average Bonchev–Trinajstić information content (AvgIpc) is 3.03. The first-order valence-corrected chi connectivity index (χ1v) is 8.10. The third-order valence-corrected chi connectivity index (χ3v) is 4.58. The summed E-state index contributed by atoms with van der Waals surface area (Å²) in [5, 5.41) is 8.27. The van der Waals surface area contributed by atoms with Crippen LogP contribution in [-0.4, -0.2) is 46.3 Å². The minimum Gasteiger partial charge on any atom is -0.349 e. The van der Waals surface area contributed by atoms with Gasteiger partial charge in [0, 0.05) is 25.0 Å². The van der Waals surface area contributed by atoms with Crippen molar-refractivity contribution in [1.29, 1.82) is 0 Å². The number of carbonyl (C=O) groups excluding carboxylic acids is 1. The third kappa shape index (κ3) is 2.99. The maximum Gasteiger partial charge on any atom is 0.274 e. The van der Waals surface area contributed by atoms with E-state index in [9.17, 15) is 9.59 Å². The minimum absolute atomic E-state index is 0.190. The zero-order valence-electron chi connectivity index (χ0n) is 13.6. The van der Waals surface area contributed by atoms with Crippen molar-refractivity contribution in [2.24, 2.45) is 7.05 Å². The van der Waals surface area contributed by atoms with Crippen LogP contribution in [0.25, 0.3) is 10.8 Å². The average molecular weight is 314 g/mol. The van der Waals surface area contributed by atoms with Gasteiger partial charge in [-0.15, -0.1) is 0 Å². The van der Waals surface area contributed by atoms with Crippen LogP contribution in [0.15, 0.2) is 29.1 Å². The van der Waals surface area contributed by atoms with E-state index in [4.69, 9.17) is 0 Å². The van der Waals surface area contributed by atoms with E-state index >= 15 is 0 Å². The summed E-state index contributed by atoms with van der Waals surface area (Å²) >= 11 is 0. The van der Waals surface area contributed by atoms with Crippen molar-refractivity contribution in [3.05, 3.63) is 40.3 Å². The highest BCUT2D eigenvalue weighted by Gasteiger charge is 2.24. The molecular formula is C17H22N4O2. The van der Waals surface area contributed by atoms with Crippen LogP contribution in [0.1, 0.15) is 30.3 Å². The van der Waals surface area contributed by atoms with Crippen LogP contribution in [0.2, 0.25) is 0 Å². The monoisotopic (exact) mass is 314 g/mol. The van der Waals surface area contributed by atoms with Gasteiger partial charge in [0.1, 0.15) is 0 Å². The van der Waals surface area contributed by atoms with Gasteiger partial charge in [0.05, 0.1) is 5.39 Å². The summed E-state index contributed by atoms with van der Waals surface area (Å²) in [6.07, 6.45) is 2.28. The Morgan fingerprint density at radius 3 is 2.83 bits per heavy atom. The fraction of sp³-hybridized carbons (Fsp3) is 0.471. The van der Waals surface area contributed by atoms with Crippen LogP contribution in [0.3, 0.4) is 0 Å². The predicted octanol–water partition coefficient (Wildman–Crippen LogP) is 1.15. The maximum atomic E-state index is 12.6. The summed E-state index contributed by atoms with van der Waals surface area (Å²) in [6.45, 7) is 4.85. The van der Waals surface area contributed by atoms with Crippen molar-refractivity contribution in [3.63, 3.8) is 0 Å². The Morgan fingerprint density at radius 2 is 2.09 bits per heavy atom. The zero-order valence-corrected chi connectivity index (χ0v) is 13.6. The number of benzene rings is 1. The van der Waals surface area contributed by atoms with Gasteiger partial charge >= 0.3 is 0 Å². The first-order chi connectivity index (χ1) is 11.1. The topological polar surface area (TPSA) is 67.2 Å². The second-order valence-corrected chi connectivity index (χ2v) is 5.96. The molecule has 2 heterocycles. The molecule has 0 aliphatic carbocycles. The first kappa shape index (κ1) is 15.7. The van der Waals surface area contributed by atoms with Gasteiger partial charge in [0.15, 0.2) is 5.69 Å². The Kier molecular flexibility index (Phi) is 4.43. The second kappa shape index (κ2) is 6.50. The minimum atomic E-state index is -0.222. The molecule has 1 aliphatic heterocycles. The van der Waals surface area contributed by atoms with E-state index in [1.807, 2.05) is 6.07 Å². The van der Waals surface area contributed by atoms with Gasteiger partial charge in [-0.1, -0.05) is 25.1 Å². The molecule has 122 valence electrons. The van der Waals surface area contributed by atoms with E-state index in [0.717, 1.165) is 19.5 Å². The molecule has 0 radical (unpaired) electrons. The summed E-state index contributed by atoms with van der Waals surface area (Å²) in [7, 11) is 1.57. The van der Waals surface area contributed by atoms with Crippen LogP contribution in [0, 0.1) is 0 Å². The molecule has 1 aliphatic rings. The van der Waals surface area contributed by atoms with Gasteiger partial charge in [0.25, 0.3) is 11.5 Å². The standard InChI is InChI=1S/C17H22N4O2/c1-3-21-10-6-7-12(21)11-18-16(22)15-13-8-4-5-9-14(13)17(23)20(2)19-15/h4-5,8-9,12H,3,6-7,10-11H2,1-2H3,(H,18,22)/t12-/m0/s1. The molecule has 6 nitrogen and oxygen atoms in total. The predicted molar refractivity (Wildman–Crippen MR) is 89.6 cm³/mol. The van der Waals surface area contributed by atoms with Gasteiger partial charge in [0.2, 0.25) is 0 Å². The zero-order chi connectivity index (χ0) is 16.4. The molecule has 1 amide bonds. The molecule has 1 atom stereocenters. The van der Waals surface area contributed by atoms with Crippen molar-refractivity contribution in [2.75, 3.05) is 19.6 Å². The third-order valence-electron chi connectivity index (χ3n) is 4.58. The Bertz CT molecular complexity index is 784. The molecule has 1 aromatic heterocycles. The molecule has 0 bridgehead atoms. The molecule has 0 unspecified atom stereocenters. The van der Waals surface area contributed by atoms with Gasteiger partial charge < -0.3 is 5.32 Å². The van der Waals surface area contributed by atoms with Crippen molar-refractivity contribution in [2.45, 2.75) is 25.8 Å². The Hall–Kier alpha value is -2.21. The van der Waals surface area contributed by atoms with E-state index in [0.29, 0.717) is 29.1 Å². The van der Waals surface area contributed by atoms with Crippen LogP contribution in [0.4, 0.5) is 0 Å². The molecule has 1 N–H and O–H groups in total. The lowest BCUT2D eigenvalue weighted by molar-refractivity contribution is 0.0936. The molecule has 3 rings (SSSR count). The van der Waals surface area contributed by atoms with Gasteiger partial charge in [-0.3, -0.25) is 14.5 Å². The van der Waals surface area contributed by atoms with Crippen molar-refractivity contribution in [3.8, 4) is 0 Å². The highest BCUT2D eigenvalue weighted by Crippen LogP contribution is 2.16. The fourth-order valence-corrected chi connectivity index (χ4v) is 3.30. The molecule has 23 heavy (non-hydrogen) atoms. The number of rotatable bonds is 4. The number of aromatic nitrogens is 2. The first-order valence-electron chi connectivity index (χ1n) is 8.10. The number of likely N-dealkylation sites (tertiary alicyclic amines) is 1. The number of amides is 1. The van der Waals surface area contributed by atoms with Crippen LogP contribution in [0.5, 0.6) is 0 Å². The summed E-state index contributed by atoms with van der Waals surface area (Å²) in [5.41, 5.74) is 0.119. The molecule has 1 fully saturated rings. The molecule has 2 aromatic rings. The van der Waals surface area contributed by atoms with Crippen molar-refractivity contribution < 1.29 is 4.79 Å². The fourth-order valence-electron chi connectivity index (χ4n) is 3.30. The highest BCUT2D eigenvalue weighted by molar-refractivity contribution is 6.04. The lowest BCUT2D eigenvalue weighted by Crippen LogP contribution is -2.40. The lowest BCUT2D eigenvalue weighted by atomic mass is 10.1. The van der Waals surface area contributed by atoms with Crippen LogP contribution >= 0.6 is 0 Å². The Balaban J connectivity index is 1.84. The highest BCUT2D eigenvalue weighted by atomic mass is 16.2. The van der Waals surface area contributed by atoms with E-state index in [-0.39, 0.29) is 11.5 Å². The molecule has 1 saturated heterocycles. The summed E-state index contributed by atoms with van der Waals surface area (Å²) in [5.74, 6) is -0.222. The molecule has 6 heteroatoms. The van der Waals surface area contributed by atoms with Crippen molar-refractivity contribution >= 4 is 16.7 Å². The van der Waals surface area contributed by atoms with E-state index in [2.05, 4.69) is 22.2 Å². The molecular weight excluding hydrogens is 292 g/mol. The van der Waals surface area contributed by atoms with E-state index < -0.39 is 0 Å². The number of hydrogen-bond donors (Lipinski definition) is 1. The van der Waals surface area contributed by atoms with E-state index in [1.165, 1.54) is 11.1 Å². The van der Waals surface area contributed by atoms with Crippen molar-refractivity contribution in [1.82, 2.24) is 20.0 Å². The quantitative estimate of drug-likeness (QED) is 0.919. The lowest BCUT2D eigenvalue weighted by Gasteiger charge is -2.22. The van der Waals surface area contributed by atoms with Crippen LogP contribution in [-0.2, 0) is 7.05 Å². The number of hydrogen-bond acceptors (Lipinski definition) is 4. The molecule has 0 spiro atoms. The van der Waals surface area contributed by atoms with Crippen LogP contribution < -0.4 is 10.9 Å². The van der Waals surface area contributed by atoms with Gasteiger partial charge in [-0.2, -0.15) is 5.10 Å². The number of likely N-dealkylation sites (N-methyl/N-ethyl adjacent to an activating group) is 1. The SMILES string of the molecule is CCN1CCC[C@H]1CNC(=O)c1nn(C)c(=O)c2ccccc12. The summed E-state index contributed by atoms with van der Waals surface area (Å²) in [4.78, 5) is 27.1. The maximum absolute atomic E-state index is 12.6. The Labute approximate surface area is 135 Å². The molecule has 0 saturated carbocycles. The van der Waals surface area contributed by atoms with Gasteiger partial charge in [-0.05, 0) is 32.0 Å². The number of carbonyl (C=O) groups is 1. The summed E-state index contributed by atoms with van der Waals surface area (Å²) in [6, 6.07) is 7.50. The van der Waals surface area contributed by atoms with E-state index in [1.54, 1.807) is 25.2 Å². The number of fused-ring (bicyclic) bond motifs is 1. The largest absolute Gasteiger partial charge is 0.349 e.